The van der Waals surface area contributed by atoms with Gasteiger partial charge in [0.25, 0.3) is 0 Å². The number of nitrogens with zero attached hydrogens (tertiary/aromatic N) is 2. The van der Waals surface area contributed by atoms with E-state index in [0.717, 1.165) is 59.4 Å². The van der Waals surface area contributed by atoms with Gasteiger partial charge in [-0.05, 0) is 73.6 Å². The van der Waals surface area contributed by atoms with Crippen molar-refractivity contribution < 1.29 is 37.3 Å². The molecule has 41 heavy (non-hydrogen) atoms. The molecule has 0 saturated carbocycles. The second-order valence-electron chi connectivity index (χ2n) is 10.5. The number of ether oxygens (including phenoxy) is 3. The molecule has 0 amide bonds. The molecule has 214 valence electrons. The molecule has 4 aromatic rings. The monoisotopic (exact) mass is 566 g/mol. The summed E-state index contributed by atoms with van der Waals surface area (Å²) in [6.07, 6.45) is -1.82. The van der Waals surface area contributed by atoms with Gasteiger partial charge >= 0.3 is 12.3 Å². The summed E-state index contributed by atoms with van der Waals surface area (Å²) < 4.78 is 56.4. The predicted molar refractivity (Wildman–Crippen MR) is 145 cm³/mol. The van der Waals surface area contributed by atoms with E-state index in [9.17, 15) is 18.0 Å². The fraction of sp³-hybridized carbons (Fsp3) is 0.355. The number of fused-ring (bicyclic) bond motifs is 2. The number of aliphatic carboxylic acids is 1. The number of rotatable bonds is 8. The van der Waals surface area contributed by atoms with E-state index >= 15 is 0 Å². The lowest BCUT2D eigenvalue weighted by molar-refractivity contribution is -0.274. The Labute approximate surface area is 234 Å². The molecule has 7 nitrogen and oxygen atoms in total. The molecule has 6 rings (SSSR count). The van der Waals surface area contributed by atoms with Crippen LogP contribution in [0.3, 0.4) is 0 Å². The van der Waals surface area contributed by atoms with Gasteiger partial charge in [-0.25, -0.2) is 4.98 Å². The maximum Gasteiger partial charge on any atom is 0.573 e. The van der Waals surface area contributed by atoms with E-state index in [4.69, 9.17) is 19.6 Å². The number of alkyl halides is 3. The molecule has 0 spiro atoms. The molecule has 1 fully saturated rings. The number of hydrogen-bond donors (Lipinski definition) is 1. The smallest absolute Gasteiger partial charge is 0.493 e. The highest BCUT2D eigenvalue weighted by Gasteiger charge is 2.32. The third-order valence-electron chi connectivity index (χ3n) is 7.82. The maximum absolute atomic E-state index is 12.9. The second kappa shape index (κ2) is 10.7. The van der Waals surface area contributed by atoms with Crippen LogP contribution in [0.25, 0.3) is 16.7 Å². The molecule has 2 aliphatic heterocycles. The van der Waals surface area contributed by atoms with Gasteiger partial charge in [0.1, 0.15) is 23.4 Å². The minimum absolute atomic E-state index is 0.0474. The van der Waals surface area contributed by atoms with Crippen LogP contribution < -0.4 is 9.47 Å². The highest BCUT2D eigenvalue weighted by atomic mass is 19.4. The number of hydrogen-bond acceptors (Lipinski definition) is 5. The Kier molecular flexibility index (Phi) is 7.11. The van der Waals surface area contributed by atoms with Crippen LogP contribution in [0, 0.1) is 6.92 Å². The summed E-state index contributed by atoms with van der Waals surface area (Å²) in [4.78, 5) is 15.9. The van der Waals surface area contributed by atoms with Crippen molar-refractivity contribution >= 4 is 17.0 Å². The third kappa shape index (κ3) is 5.61. The lowest BCUT2D eigenvalue weighted by atomic mass is 9.94. The Morgan fingerprint density at radius 1 is 1.15 bits per heavy atom. The van der Waals surface area contributed by atoms with Crippen LogP contribution in [0.5, 0.6) is 11.5 Å². The van der Waals surface area contributed by atoms with Crippen molar-refractivity contribution in [3.8, 4) is 17.2 Å². The highest BCUT2D eigenvalue weighted by Crippen LogP contribution is 2.38. The minimum Gasteiger partial charge on any atom is -0.493 e. The van der Waals surface area contributed by atoms with Crippen LogP contribution in [0.4, 0.5) is 13.2 Å². The molecule has 1 saturated heterocycles. The van der Waals surface area contributed by atoms with E-state index < -0.39 is 12.3 Å². The maximum atomic E-state index is 12.9. The Balaban J connectivity index is 1.30. The number of imidazole rings is 1. The number of carboxylic acids is 1. The van der Waals surface area contributed by atoms with Crippen molar-refractivity contribution in [2.24, 2.45) is 0 Å². The predicted octanol–water partition coefficient (Wildman–Crippen LogP) is 6.82. The summed E-state index contributed by atoms with van der Waals surface area (Å²) in [5.74, 6) is 0.128. The zero-order valence-electron chi connectivity index (χ0n) is 22.4. The van der Waals surface area contributed by atoms with Gasteiger partial charge in [-0.1, -0.05) is 24.3 Å². The van der Waals surface area contributed by atoms with Crippen LogP contribution in [0.2, 0.25) is 0 Å². The van der Waals surface area contributed by atoms with Crippen molar-refractivity contribution in [1.29, 1.82) is 0 Å². The van der Waals surface area contributed by atoms with Gasteiger partial charge in [-0.15, -0.1) is 13.2 Å². The van der Waals surface area contributed by atoms with Crippen LogP contribution in [0.15, 0.2) is 54.6 Å². The summed E-state index contributed by atoms with van der Waals surface area (Å²) in [6, 6.07) is 16.3. The lowest BCUT2D eigenvalue weighted by Gasteiger charge is -2.18. The van der Waals surface area contributed by atoms with Crippen LogP contribution >= 0.6 is 0 Å². The molecular weight excluding hydrogens is 537 g/mol. The molecule has 0 bridgehead atoms. The first-order valence-corrected chi connectivity index (χ1v) is 13.6. The van der Waals surface area contributed by atoms with Gasteiger partial charge in [-0.2, -0.15) is 0 Å². The Morgan fingerprint density at radius 3 is 2.76 bits per heavy atom. The fourth-order valence-electron chi connectivity index (χ4n) is 5.84. The summed E-state index contributed by atoms with van der Waals surface area (Å²) >= 11 is 0. The molecular formula is C31H29F3N2O5. The zero-order valence-corrected chi connectivity index (χ0v) is 22.4. The summed E-state index contributed by atoms with van der Waals surface area (Å²) in [5.41, 5.74) is 6.18. The first kappa shape index (κ1) is 27.1. The summed E-state index contributed by atoms with van der Waals surface area (Å²) in [7, 11) is 0. The van der Waals surface area contributed by atoms with E-state index in [0.29, 0.717) is 30.1 Å². The molecule has 0 aliphatic carbocycles. The van der Waals surface area contributed by atoms with Gasteiger partial charge in [-0.3, -0.25) is 9.36 Å². The summed E-state index contributed by atoms with van der Waals surface area (Å²) in [5, 5.41) is 9.16. The first-order chi connectivity index (χ1) is 19.7. The van der Waals surface area contributed by atoms with Gasteiger partial charge in [0.15, 0.2) is 0 Å². The van der Waals surface area contributed by atoms with Crippen molar-refractivity contribution in [3.63, 3.8) is 0 Å². The van der Waals surface area contributed by atoms with Crippen LogP contribution in [-0.4, -0.2) is 40.2 Å². The fourth-order valence-corrected chi connectivity index (χ4v) is 5.84. The second-order valence-corrected chi connectivity index (χ2v) is 10.5. The van der Waals surface area contributed by atoms with Crippen molar-refractivity contribution in [2.45, 2.75) is 57.4 Å². The highest BCUT2D eigenvalue weighted by molar-refractivity contribution is 5.80. The molecule has 2 atom stereocenters. The van der Waals surface area contributed by atoms with Crippen LogP contribution in [0.1, 0.15) is 59.4 Å². The van der Waals surface area contributed by atoms with Gasteiger partial charge in [0, 0.05) is 24.2 Å². The van der Waals surface area contributed by atoms with Crippen molar-refractivity contribution in [2.75, 3.05) is 13.2 Å². The number of benzene rings is 3. The number of aromatic nitrogens is 2. The molecule has 1 aromatic heterocycles. The average Bonchev–Trinajstić information content (AvgIpc) is 3.66. The lowest BCUT2D eigenvalue weighted by Crippen LogP contribution is -2.17. The topological polar surface area (TPSA) is 82.8 Å². The Hall–Kier alpha value is -4.05. The Bertz CT molecular complexity index is 1610. The molecule has 0 unspecified atom stereocenters. The summed E-state index contributed by atoms with van der Waals surface area (Å²) in [6.45, 7) is 3.03. The van der Waals surface area contributed by atoms with E-state index in [1.807, 2.05) is 41.8 Å². The molecule has 2 aliphatic rings. The SMILES string of the molecule is Cc1c(CCc2ccc3c(c2)OC[C@H]3CC(=O)O)cccc1-n1c([C@H]2CCCO2)nc2cc(OC(F)(F)F)ccc21. The minimum atomic E-state index is -4.79. The molecule has 3 aromatic carbocycles. The number of aryl methyl sites for hydroxylation is 2. The normalized spacial score (nSPS) is 18.4. The van der Waals surface area contributed by atoms with Crippen LogP contribution in [-0.2, 0) is 22.4 Å². The number of carboxylic acid groups (broad SMARTS) is 1. The van der Waals surface area contributed by atoms with Crippen molar-refractivity contribution in [1.82, 2.24) is 9.55 Å². The standard InChI is InChI=1S/C31H29F3N2O5/c1-18-20(9-7-19-8-11-23-21(15-29(37)38)17-40-28(23)14-19)4-2-5-25(18)36-26-12-10-22(41-31(32,33)34)16-24(26)35-30(36)27-6-3-13-39-27/h2,4-5,8,10-12,14,16,21,27H,3,6-7,9,13,15,17H2,1H3,(H,37,38)/t21-,27-/m1/s1. The molecule has 1 N–H and O–H groups in total. The molecule has 10 heteroatoms. The van der Waals surface area contributed by atoms with E-state index in [-0.39, 0.29) is 24.2 Å². The zero-order chi connectivity index (χ0) is 28.7. The van der Waals surface area contributed by atoms with Gasteiger partial charge in [0.2, 0.25) is 0 Å². The van der Waals surface area contributed by atoms with E-state index in [1.165, 1.54) is 12.1 Å². The quantitative estimate of drug-likeness (QED) is 0.252. The third-order valence-corrected chi connectivity index (χ3v) is 7.82. The molecule has 0 radical (unpaired) electrons. The number of halogens is 3. The van der Waals surface area contributed by atoms with Crippen molar-refractivity contribution in [3.05, 3.63) is 82.7 Å². The van der Waals surface area contributed by atoms with E-state index in [2.05, 4.69) is 10.8 Å². The van der Waals surface area contributed by atoms with Gasteiger partial charge in [0.05, 0.1) is 29.7 Å². The van der Waals surface area contributed by atoms with Gasteiger partial charge < -0.3 is 19.3 Å². The number of carbonyl (C=O) groups is 1. The molecule has 3 heterocycles. The largest absolute Gasteiger partial charge is 0.573 e. The van der Waals surface area contributed by atoms with E-state index in [1.54, 1.807) is 6.07 Å². The first-order valence-electron chi connectivity index (χ1n) is 13.6. The Morgan fingerprint density at radius 2 is 2.00 bits per heavy atom. The average molecular weight is 567 g/mol.